The predicted molar refractivity (Wildman–Crippen MR) is 119 cm³/mol. The van der Waals surface area contributed by atoms with Gasteiger partial charge in [0.1, 0.15) is 22.6 Å². The topological polar surface area (TPSA) is 87.7 Å². The lowest BCUT2D eigenvalue weighted by Crippen LogP contribution is -2.40. The minimum atomic E-state index is -4.22. The molecule has 2 fully saturated rings. The molecule has 1 aliphatic carbocycles. The molecule has 170 valence electrons. The third-order valence-corrected chi connectivity index (χ3v) is 8.23. The number of likely N-dealkylation sites (N-methyl/N-ethyl adjacent to an activating group) is 1. The van der Waals surface area contributed by atoms with E-state index in [4.69, 9.17) is 16.3 Å². The predicted octanol–water partition coefficient (Wildman–Crippen LogP) is 3.74. The quantitative estimate of drug-likeness (QED) is 0.682. The molecule has 3 aliphatic rings. The van der Waals surface area contributed by atoms with Crippen molar-refractivity contribution in [1.29, 1.82) is 0 Å². The van der Waals surface area contributed by atoms with Crippen LogP contribution in [0, 0.1) is 5.82 Å². The Morgan fingerprint density at radius 1 is 1.28 bits per heavy atom. The van der Waals surface area contributed by atoms with Crippen LogP contribution < -0.4 is 14.8 Å². The Hall–Kier alpha value is -2.36. The van der Waals surface area contributed by atoms with Crippen LogP contribution in [0.5, 0.6) is 5.75 Å². The molecule has 1 unspecified atom stereocenters. The van der Waals surface area contributed by atoms with Gasteiger partial charge >= 0.3 is 0 Å². The van der Waals surface area contributed by atoms with Gasteiger partial charge in [-0.15, -0.1) is 0 Å². The van der Waals surface area contributed by atoms with E-state index in [0.29, 0.717) is 24.3 Å². The van der Waals surface area contributed by atoms with E-state index in [9.17, 15) is 17.6 Å². The van der Waals surface area contributed by atoms with Gasteiger partial charge in [-0.2, -0.15) is 0 Å². The van der Waals surface area contributed by atoms with E-state index in [1.165, 1.54) is 6.07 Å². The number of ether oxygens (including phenoxy) is 1. The Bertz CT molecular complexity index is 1220. The fourth-order valence-corrected chi connectivity index (χ4v) is 5.99. The number of amides is 1. The number of nitrogens with one attached hydrogen (secondary N) is 2. The normalized spacial score (nSPS) is 21.8. The molecule has 1 amide bonds. The van der Waals surface area contributed by atoms with Crippen LogP contribution in [0.3, 0.4) is 0 Å². The molecular weight excluding hydrogens is 457 g/mol. The van der Waals surface area contributed by atoms with Gasteiger partial charge in [0.2, 0.25) is 5.91 Å². The van der Waals surface area contributed by atoms with Crippen molar-refractivity contribution in [3.63, 3.8) is 0 Å². The maximum Gasteiger partial charge on any atom is 0.264 e. The second-order valence-corrected chi connectivity index (χ2v) is 10.8. The van der Waals surface area contributed by atoms with Gasteiger partial charge in [0, 0.05) is 24.2 Å². The number of halogens is 2. The van der Waals surface area contributed by atoms with E-state index in [0.717, 1.165) is 43.6 Å². The number of rotatable bonds is 5. The largest absolute Gasteiger partial charge is 0.487 e. The number of benzene rings is 2. The van der Waals surface area contributed by atoms with Crippen molar-refractivity contribution in [2.45, 2.75) is 42.1 Å². The van der Waals surface area contributed by atoms with E-state index >= 15 is 0 Å². The number of carbonyl (C=O) groups excluding carboxylic acids is 1. The zero-order chi connectivity index (χ0) is 22.7. The number of sulfonamides is 1. The van der Waals surface area contributed by atoms with Gasteiger partial charge in [-0.1, -0.05) is 18.0 Å². The molecule has 2 aromatic rings. The molecule has 2 aliphatic heterocycles. The summed E-state index contributed by atoms with van der Waals surface area (Å²) in [5, 5.41) is 3.06. The van der Waals surface area contributed by atoms with Gasteiger partial charge in [0.15, 0.2) is 0 Å². The minimum Gasteiger partial charge on any atom is -0.487 e. The lowest BCUT2D eigenvalue weighted by Gasteiger charge is -2.36. The molecule has 0 radical (unpaired) electrons. The summed E-state index contributed by atoms with van der Waals surface area (Å²) in [6.07, 6.45) is 3.07. The molecule has 32 heavy (non-hydrogen) atoms. The number of carbonyl (C=O) groups is 1. The highest BCUT2D eigenvalue weighted by molar-refractivity contribution is 7.92. The summed E-state index contributed by atoms with van der Waals surface area (Å²) < 4.78 is 48.8. The molecule has 1 saturated carbocycles. The highest BCUT2D eigenvalue weighted by Crippen LogP contribution is 2.54. The molecule has 0 bridgehead atoms. The van der Waals surface area contributed by atoms with E-state index in [1.54, 1.807) is 12.1 Å². The van der Waals surface area contributed by atoms with Crippen molar-refractivity contribution < 1.29 is 22.3 Å². The van der Waals surface area contributed by atoms with Crippen molar-refractivity contribution in [2.24, 2.45) is 0 Å². The maximum atomic E-state index is 14.3. The average molecular weight is 480 g/mol. The van der Waals surface area contributed by atoms with E-state index in [1.807, 2.05) is 7.05 Å². The van der Waals surface area contributed by atoms with Crippen LogP contribution in [-0.2, 0) is 20.2 Å². The van der Waals surface area contributed by atoms with Crippen LogP contribution in [0.2, 0.25) is 5.02 Å². The Morgan fingerprint density at radius 3 is 2.69 bits per heavy atom. The molecule has 2 aromatic carbocycles. The van der Waals surface area contributed by atoms with Crippen LogP contribution in [0.1, 0.15) is 31.2 Å². The fraction of sp³-hybridized carbons (Fsp3) is 0.409. The molecular formula is C22H23ClFN3O4S. The zero-order valence-electron chi connectivity index (χ0n) is 17.5. The molecule has 2 N–H and O–H groups in total. The summed E-state index contributed by atoms with van der Waals surface area (Å²) in [7, 11) is -2.22. The average Bonchev–Trinajstić information content (AvgIpc) is 3.20. The first-order valence-corrected chi connectivity index (χ1v) is 12.4. The Kier molecular flexibility index (Phi) is 5.11. The van der Waals surface area contributed by atoms with Gasteiger partial charge in [-0.3, -0.25) is 9.52 Å². The second-order valence-electron chi connectivity index (χ2n) is 8.76. The third kappa shape index (κ3) is 3.52. The monoisotopic (exact) mass is 479 g/mol. The second kappa shape index (κ2) is 7.60. The van der Waals surface area contributed by atoms with Crippen LogP contribution in [0.4, 0.5) is 15.8 Å². The fourth-order valence-electron chi connectivity index (χ4n) is 4.73. The number of hydrogen-bond acceptors (Lipinski definition) is 5. The van der Waals surface area contributed by atoms with Gasteiger partial charge in [0.25, 0.3) is 10.0 Å². The lowest BCUT2D eigenvalue weighted by atomic mass is 9.65. The van der Waals surface area contributed by atoms with Crippen LogP contribution in [-0.4, -0.2) is 45.5 Å². The Morgan fingerprint density at radius 2 is 2.06 bits per heavy atom. The van der Waals surface area contributed by atoms with Gasteiger partial charge < -0.3 is 15.0 Å². The van der Waals surface area contributed by atoms with Crippen molar-refractivity contribution in [3.05, 3.63) is 46.7 Å². The Labute approximate surface area is 190 Å². The summed E-state index contributed by atoms with van der Waals surface area (Å²) in [5.41, 5.74) is 0.895. The van der Waals surface area contributed by atoms with Crippen molar-refractivity contribution in [3.8, 4) is 5.75 Å². The number of likely N-dealkylation sites (tertiary alicyclic amines) is 1. The number of anilines is 2. The molecule has 7 nitrogen and oxygen atoms in total. The molecule has 1 saturated heterocycles. The zero-order valence-corrected chi connectivity index (χ0v) is 19.0. The summed E-state index contributed by atoms with van der Waals surface area (Å²) >= 11 is 5.76. The van der Waals surface area contributed by atoms with Gasteiger partial charge in [-0.25, -0.2) is 12.8 Å². The van der Waals surface area contributed by atoms with Gasteiger partial charge in [-0.05, 0) is 56.1 Å². The molecule has 0 aromatic heterocycles. The van der Waals surface area contributed by atoms with E-state index in [2.05, 4.69) is 14.9 Å². The smallest absolute Gasteiger partial charge is 0.264 e. The SMILES string of the molecule is CN1CCC(Oc2cc(NS(=O)(=O)c3ccc(Cl)cc3F)cc3c2NC(=O)C32CCC2)C1. The maximum absolute atomic E-state index is 14.3. The summed E-state index contributed by atoms with van der Waals surface area (Å²) in [6, 6.07) is 6.61. The van der Waals surface area contributed by atoms with E-state index in [-0.39, 0.29) is 22.7 Å². The highest BCUT2D eigenvalue weighted by atomic mass is 35.5. The third-order valence-electron chi connectivity index (χ3n) is 6.58. The molecule has 2 heterocycles. The van der Waals surface area contributed by atoms with Crippen molar-refractivity contribution in [1.82, 2.24) is 4.90 Å². The lowest BCUT2D eigenvalue weighted by molar-refractivity contribution is -0.123. The molecule has 10 heteroatoms. The first-order chi connectivity index (χ1) is 15.2. The van der Waals surface area contributed by atoms with Crippen LogP contribution in [0.25, 0.3) is 0 Å². The molecule has 1 spiro atoms. The number of fused-ring (bicyclic) bond motifs is 2. The molecule has 1 atom stereocenters. The summed E-state index contributed by atoms with van der Waals surface area (Å²) in [4.78, 5) is 14.4. The van der Waals surface area contributed by atoms with Crippen molar-refractivity contribution in [2.75, 3.05) is 30.2 Å². The van der Waals surface area contributed by atoms with Crippen LogP contribution in [0.15, 0.2) is 35.2 Å². The Balaban J connectivity index is 1.54. The summed E-state index contributed by atoms with van der Waals surface area (Å²) in [6.45, 7) is 1.63. The molecule has 5 rings (SSSR count). The standard InChI is InChI=1S/C22H23ClFN3O4S/c1-27-8-5-15(12-27)31-18-11-14(10-16-20(18)25-21(28)22(16)6-2-7-22)26-32(29,30)19-4-3-13(23)9-17(19)24/h3-4,9-11,15,26H,2,5-8,12H2,1H3,(H,25,28). The number of nitrogens with zero attached hydrogens (tertiary/aromatic N) is 1. The van der Waals surface area contributed by atoms with Gasteiger partial charge in [0.05, 0.1) is 16.8 Å². The minimum absolute atomic E-state index is 0.0699. The summed E-state index contributed by atoms with van der Waals surface area (Å²) in [5.74, 6) is -0.603. The van der Waals surface area contributed by atoms with E-state index < -0.39 is 26.2 Å². The van der Waals surface area contributed by atoms with Crippen molar-refractivity contribution >= 4 is 38.9 Å². The first-order valence-electron chi connectivity index (χ1n) is 10.5. The first kappa shape index (κ1) is 21.5. The van der Waals surface area contributed by atoms with Crippen LogP contribution >= 0.6 is 11.6 Å². The number of hydrogen-bond donors (Lipinski definition) is 2. The highest BCUT2D eigenvalue weighted by Gasteiger charge is 2.52.